The van der Waals surface area contributed by atoms with Crippen LogP contribution in [0.3, 0.4) is 0 Å². The highest BCUT2D eigenvalue weighted by Gasteiger charge is 2.27. The van der Waals surface area contributed by atoms with Crippen LogP contribution in [-0.2, 0) is 0 Å². The molecule has 0 radical (unpaired) electrons. The summed E-state index contributed by atoms with van der Waals surface area (Å²) in [5, 5.41) is 0. The number of alkyl halides is 3. The van der Waals surface area contributed by atoms with E-state index in [1.807, 2.05) is 31.1 Å². The molecule has 0 aliphatic rings. The highest BCUT2D eigenvalue weighted by atomic mass is 19.4. The smallest absolute Gasteiger partial charge is 0.378 e. The zero-order valence-electron chi connectivity index (χ0n) is 9.96. The first-order valence-electron chi connectivity index (χ1n) is 5.39. The van der Waals surface area contributed by atoms with E-state index in [4.69, 9.17) is 5.73 Å². The first-order chi connectivity index (χ1) is 7.79. The van der Waals surface area contributed by atoms with Crippen LogP contribution in [0.5, 0.6) is 0 Å². The third kappa shape index (κ3) is 4.65. The fraction of sp³-hybridized carbons (Fsp3) is 0.500. The minimum atomic E-state index is -4.14. The van der Waals surface area contributed by atoms with Crippen LogP contribution in [0.4, 0.5) is 18.9 Å². The van der Waals surface area contributed by atoms with Gasteiger partial charge in [0.2, 0.25) is 0 Å². The second-order valence-corrected chi connectivity index (χ2v) is 4.25. The molecule has 1 atom stereocenters. The molecular weight excluding hydrogens is 229 g/mol. The molecule has 1 aromatic carbocycles. The van der Waals surface area contributed by atoms with Gasteiger partial charge in [0, 0.05) is 32.2 Å². The number of rotatable bonds is 4. The topological polar surface area (TPSA) is 29.3 Å². The number of nitrogens with two attached hydrogens (primary N) is 1. The molecule has 0 amide bonds. The number of nitrogens with zero attached hydrogens (tertiary/aromatic N) is 1. The predicted molar refractivity (Wildman–Crippen MR) is 63.0 cm³/mol. The Morgan fingerprint density at radius 2 is 1.71 bits per heavy atom. The first kappa shape index (κ1) is 13.8. The summed E-state index contributed by atoms with van der Waals surface area (Å²) in [6.45, 7) is 0. The van der Waals surface area contributed by atoms with Crippen molar-refractivity contribution in [2.45, 2.75) is 25.1 Å². The van der Waals surface area contributed by atoms with Gasteiger partial charge in [0.25, 0.3) is 0 Å². The van der Waals surface area contributed by atoms with Crippen molar-refractivity contribution >= 4 is 5.69 Å². The highest BCUT2D eigenvalue weighted by Crippen LogP contribution is 2.26. The summed E-state index contributed by atoms with van der Waals surface area (Å²) < 4.78 is 36.1. The maximum absolute atomic E-state index is 12.0. The molecular formula is C12H17F3N2. The third-order valence-electron chi connectivity index (χ3n) is 2.58. The summed E-state index contributed by atoms with van der Waals surface area (Å²) in [4.78, 5) is 1.92. The van der Waals surface area contributed by atoms with Crippen molar-refractivity contribution in [3.05, 3.63) is 29.8 Å². The average molecular weight is 246 g/mol. The lowest BCUT2D eigenvalue weighted by molar-refractivity contribution is -0.136. The average Bonchev–Trinajstić information content (AvgIpc) is 2.25. The van der Waals surface area contributed by atoms with E-state index in [1.165, 1.54) is 0 Å². The van der Waals surface area contributed by atoms with Crippen LogP contribution >= 0.6 is 0 Å². The summed E-state index contributed by atoms with van der Waals surface area (Å²) >= 11 is 0. The van der Waals surface area contributed by atoms with Gasteiger partial charge >= 0.3 is 6.18 Å². The molecule has 2 N–H and O–H groups in total. The highest BCUT2D eigenvalue weighted by molar-refractivity contribution is 5.46. The maximum Gasteiger partial charge on any atom is 0.389 e. The van der Waals surface area contributed by atoms with Crippen LogP contribution in [0.2, 0.25) is 0 Å². The number of benzene rings is 1. The SMILES string of the molecule is CN(C)c1ccc(C(N)CCC(F)(F)F)cc1. The Kier molecular flexibility index (Phi) is 4.40. The monoisotopic (exact) mass is 246 g/mol. The van der Waals surface area contributed by atoms with Crippen LogP contribution in [0.1, 0.15) is 24.4 Å². The van der Waals surface area contributed by atoms with Gasteiger partial charge in [-0.1, -0.05) is 12.1 Å². The summed E-state index contributed by atoms with van der Waals surface area (Å²) in [6.07, 6.45) is -5.06. The van der Waals surface area contributed by atoms with E-state index < -0.39 is 18.6 Å². The Morgan fingerprint density at radius 3 is 2.12 bits per heavy atom. The van der Waals surface area contributed by atoms with Crippen LogP contribution in [0.25, 0.3) is 0 Å². The zero-order chi connectivity index (χ0) is 13.1. The fourth-order valence-electron chi connectivity index (χ4n) is 1.51. The van der Waals surface area contributed by atoms with E-state index in [-0.39, 0.29) is 6.42 Å². The van der Waals surface area contributed by atoms with Crippen molar-refractivity contribution in [1.82, 2.24) is 0 Å². The Labute approximate surface area is 99.2 Å². The largest absolute Gasteiger partial charge is 0.389 e. The van der Waals surface area contributed by atoms with Gasteiger partial charge in [0.1, 0.15) is 0 Å². The Hall–Kier alpha value is -1.23. The lowest BCUT2D eigenvalue weighted by Crippen LogP contribution is -2.16. The van der Waals surface area contributed by atoms with Gasteiger partial charge in [-0.05, 0) is 24.1 Å². The van der Waals surface area contributed by atoms with Gasteiger partial charge in [0.15, 0.2) is 0 Å². The third-order valence-corrected chi connectivity index (χ3v) is 2.58. The van der Waals surface area contributed by atoms with E-state index in [0.29, 0.717) is 0 Å². The van der Waals surface area contributed by atoms with Crippen molar-refractivity contribution in [2.24, 2.45) is 5.73 Å². The van der Waals surface area contributed by atoms with Crippen LogP contribution in [0.15, 0.2) is 24.3 Å². The number of anilines is 1. The Bertz CT molecular complexity index is 344. The van der Waals surface area contributed by atoms with Gasteiger partial charge in [-0.15, -0.1) is 0 Å². The molecule has 0 spiro atoms. The molecule has 0 heterocycles. The molecule has 96 valence electrons. The van der Waals surface area contributed by atoms with E-state index in [9.17, 15) is 13.2 Å². The Balaban J connectivity index is 2.60. The first-order valence-corrected chi connectivity index (χ1v) is 5.39. The molecule has 0 aliphatic heterocycles. The molecule has 2 nitrogen and oxygen atoms in total. The molecule has 1 aromatic rings. The lowest BCUT2D eigenvalue weighted by atomic mass is 10.0. The van der Waals surface area contributed by atoms with Crippen molar-refractivity contribution in [3.8, 4) is 0 Å². The fourth-order valence-corrected chi connectivity index (χ4v) is 1.51. The van der Waals surface area contributed by atoms with Gasteiger partial charge in [-0.25, -0.2) is 0 Å². The second kappa shape index (κ2) is 5.40. The predicted octanol–water partition coefficient (Wildman–Crippen LogP) is 3.09. The van der Waals surface area contributed by atoms with Gasteiger partial charge < -0.3 is 10.6 Å². The van der Waals surface area contributed by atoms with E-state index in [2.05, 4.69) is 0 Å². The lowest BCUT2D eigenvalue weighted by Gasteiger charge is -2.16. The van der Waals surface area contributed by atoms with Gasteiger partial charge in [0.05, 0.1) is 0 Å². The van der Waals surface area contributed by atoms with E-state index in [0.717, 1.165) is 11.3 Å². The van der Waals surface area contributed by atoms with Crippen LogP contribution in [0, 0.1) is 0 Å². The summed E-state index contributed by atoms with van der Waals surface area (Å²) in [5.74, 6) is 0. The second-order valence-electron chi connectivity index (χ2n) is 4.25. The molecule has 0 fully saturated rings. The molecule has 17 heavy (non-hydrogen) atoms. The van der Waals surface area contributed by atoms with Crippen molar-refractivity contribution in [1.29, 1.82) is 0 Å². The summed E-state index contributed by atoms with van der Waals surface area (Å²) in [7, 11) is 3.80. The summed E-state index contributed by atoms with van der Waals surface area (Å²) in [6, 6.07) is 6.69. The van der Waals surface area contributed by atoms with Crippen molar-refractivity contribution in [2.75, 3.05) is 19.0 Å². The van der Waals surface area contributed by atoms with Gasteiger partial charge in [-0.2, -0.15) is 13.2 Å². The number of halogens is 3. The maximum atomic E-state index is 12.0. The molecule has 0 aromatic heterocycles. The molecule has 1 rings (SSSR count). The van der Waals surface area contributed by atoms with Crippen LogP contribution in [-0.4, -0.2) is 20.3 Å². The van der Waals surface area contributed by atoms with E-state index in [1.54, 1.807) is 12.1 Å². The number of hydrogen-bond donors (Lipinski definition) is 1. The van der Waals surface area contributed by atoms with E-state index >= 15 is 0 Å². The molecule has 1 unspecified atom stereocenters. The van der Waals surface area contributed by atoms with Crippen molar-refractivity contribution in [3.63, 3.8) is 0 Å². The molecule has 5 heteroatoms. The van der Waals surface area contributed by atoms with Crippen molar-refractivity contribution < 1.29 is 13.2 Å². The minimum absolute atomic E-state index is 0.0786. The normalized spacial score (nSPS) is 13.5. The molecule has 0 saturated carbocycles. The van der Waals surface area contributed by atoms with Gasteiger partial charge in [-0.3, -0.25) is 0 Å². The molecule has 0 aliphatic carbocycles. The summed E-state index contributed by atoms with van der Waals surface area (Å²) in [5.41, 5.74) is 7.45. The molecule has 0 saturated heterocycles. The molecule has 0 bridgehead atoms. The quantitative estimate of drug-likeness (QED) is 0.884. The zero-order valence-corrected chi connectivity index (χ0v) is 9.96. The standard InChI is InChI=1S/C12H17F3N2/c1-17(2)10-5-3-9(4-6-10)11(16)7-8-12(13,14)15/h3-6,11H,7-8,16H2,1-2H3. The Morgan fingerprint density at radius 1 is 1.18 bits per heavy atom. The van der Waals surface area contributed by atoms with Crippen LogP contribution < -0.4 is 10.6 Å². The number of hydrogen-bond acceptors (Lipinski definition) is 2. The minimum Gasteiger partial charge on any atom is -0.378 e.